The minimum Gasteiger partial charge on any atom is -0.405 e. The van der Waals surface area contributed by atoms with E-state index in [4.69, 9.17) is 18.6 Å². The standard InChI is InChI=1S/C28H32Br2O5SSi/c1-26(2,3)37(18-12-8-6-9-13-18,19-14-10-7-11-15-19)32-17-21-23-24(35-27(4,5)34-23)28(31,33-21)25-20(29)16-22(30)36-25/h6-16,21,23-24,31H,17H2,1-5H3/t21-,23-,24-,28+/m1/s1. The molecule has 1 N–H and O–H groups in total. The third kappa shape index (κ3) is 4.85. The molecule has 0 bridgehead atoms. The Kier molecular flexibility index (Phi) is 7.44. The van der Waals surface area contributed by atoms with Crippen LogP contribution >= 0.6 is 43.2 Å². The maximum atomic E-state index is 11.9. The van der Waals surface area contributed by atoms with Gasteiger partial charge < -0.3 is 23.7 Å². The van der Waals surface area contributed by atoms with Gasteiger partial charge in [0.15, 0.2) is 5.79 Å². The summed E-state index contributed by atoms with van der Waals surface area (Å²) in [4.78, 5) is 0.642. The molecule has 2 saturated heterocycles. The largest absolute Gasteiger partial charge is 0.405 e. The molecular formula is C28H32Br2O5SSi. The van der Waals surface area contributed by atoms with Gasteiger partial charge in [-0.3, -0.25) is 0 Å². The lowest BCUT2D eigenvalue weighted by atomic mass is 10.0. The van der Waals surface area contributed by atoms with Gasteiger partial charge in [0.05, 0.1) is 15.3 Å². The summed E-state index contributed by atoms with van der Waals surface area (Å²) < 4.78 is 27.8. The monoisotopic (exact) mass is 666 g/mol. The lowest BCUT2D eigenvalue weighted by Crippen LogP contribution is -2.67. The predicted molar refractivity (Wildman–Crippen MR) is 156 cm³/mol. The van der Waals surface area contributed by atoms with E-state index in [1.165, 1.54) is 21.7 Å². The number of aliphatic hydroxyl groups is 1. The average Bonchev–Trinajstić information content (AvgIpc) is 3.44. The predicted octanol–water partition coefficient (Wildman–Crippen LogP) is 5.91. The molecule has 5 nitrogen and oxygen atoms in total. The summed E-state index contributed by atoms with van der Waals surface area (Å²) in [6.45, 7) is 10.7. The van der Waals surface area contributed by atoms with Gasteiger partial charge in [0.25, 0.3) is 8.32 Å². The van der Waals surface area contributed by atoms with Gasteiger partial charge in [0.2, 0.25) is 5.79 Å². The zero-order valence-electron chi connectivity index (χ0n) is 21.5. The molecule has 198 valence electrons. The second-order valence-electron chi connectivity index (χ2n) is 11.1. The second-order valence-corrected chi connectivity index (χ2v) is 18.7. The fourth-order valence-corrected chi connectivity index (χ4v) is 12.9. The lowest BCUT2D eigenvalue weighted by Gasteiger charge is -2.43. The molecule has 5 rings (SSSR count). The summed E-state index contributed by atoms with van der Waals surface area (Å²) >= 11 is 8.52. The summed E-state index contributed by atoms with van der Waals surface area (Å²) in [6.07, 6.45) is -1.73. The normalized spacial score (nSPS) is 27.4. The first-order valence-electron chi connectivity index (χ1n) is 12.3. The highest BCUT2D eigenvalue weighted by Crippen LogP contribution is 2.52. The number of benzene rings is 2. The van der Waals surface area contributed by atoms with Crippen molar-refractivity contribution < 1.29 is 23.7 Å². The topological polar surface area (TPSA) is 57.2 Å². The molecule has 0 radical (unpaired) electrons. The molecular weight excluding hydrogens is 636 g/mol. The van der Waals surface area contributed by atoms with Crippen LogP contribution in [0.15, 0.2) is 75.0 Å². The van der Waals surface area contributed by atoms with Crippen LogP contribution in [-0.4, -0.2) is 44.1 Å². The van der Waals surface area contributed by atoms with Crippen molar-refractivity contribution >= 4 is 61.9 Å². The van der Waals surface area contributed by atoms with Gasteiger partial charge in [-0.25, -0.2) is 0 Å². The van der Waals surface area contributed by atoms with Crippen LogP contribution in [0.1, 0.15) is 39.5 Å². The fourth-order valence-electron chi connectivity index (χ4n) is 5.59. The molecule has 9 heteroatoms. The van der Waals surface area contributed by atoms with Crippen molar-refractivity contribution in [2.24, 2.45) is 0 Å². The van der Waals surface area contributed by atoms with Gasteiger partial charge in [-0.05, 0) is 67.2 Å². The van der Waals surface area contributed by atoms with Crippen LogP contribution in [0.25, 0.3) is 0 Å². The third-order valence-corrected chi connectivity index (χ3v) is 14.7. The first-order chi connectivity index (χ1) is 17.4. The molecule has 0 spiro atoms. The van der Waals surface area contributed by atoms with E-state index in [2.05, 4.69) is 101 Å². The molecule has 2 aliphatic rings. The summed E-state index contributed by atoms with van der Waals surface area (Å²) in [7, 11) is -2.80. The maximum Gasteiger partial charge on any atom is 0.261 e. The van der Waals surface area contributed by atoms with Crippen molar-refractivity contribution in [3.63, 3.8) is 0 Å². The van der Waals surface area contributed by atoms with Crippen LogP contribution in [0.4, 0.5) is 0 Å². The van der Waals surface area contributed by atoms with Crippen molar-refractivity contribution in [3.8, 4) is 0 Å². The summed E-state index contributed by atoms with van der Waals surface area (Å²) in [5.41, 5.74) is 0. The Morgan fingerprint density at radius 1 is 0.946 bits per heavy atom. The van der Waals surface area contributed by atoms with Crippen molar-refractivity contribution in [1.82, 2.24) is 0 Å². The van der Waals surface area contributed by atoms with Crippen LogP contribution in [0.2, 0.25) is 5.04 Å². The van der Waals surface area contributed by atoms with Crippen molar-refractivity contribution in [2.75, 3.05) is 6.61 Å². The van der Waals surface area contributed by atoms with E-state index in [1.54, 1.807) is 0 Å². The van der Waals surface area contributed by atoms with Gasteiger partial charge in [0, 0.05) is 4.47 Å². The van der Waals surface area contributed by atoms with Gasteiger partial charge in [-0.2, -0.15) is 0 Å². The highest BCUT2D eigenvalue weighted by molar-refractivity contribution is 9.11. The number of thiophene rings is 1. The molecule has 1 aromatic heterocycles. The SMILES string of the molecule is CC1(C)O[C@H]2[C@@H](O1)[C@@](O)(c1sc(Br)cc1Br)O[C@@H]2CO[Si](c1ccccc1)(c1ccccc1)C(C)(C)C. The van der Waals surface area contributed by atoms with E-state index < -0.39 is 38.2 Å². The Balaban J connectivity index is 1.55. The minimum absolute atomic E-state index is 0.183. The van der Waals surface area contributed by atoms with Gasteiger partial charge in [0.1, 0.15) is 18.3 Å². The molecule has 0 amide bonds. The summed E-state index contributed by atoms with van der Waals surface area (Å²) in [5, 5.41) is 14.1. The number of ether oxygens (including phenoxy) is 3. The Labute approximate surface area is 240 Å². The zero-order chi connectivity index (χ0) is 26.6. The molecule has 4 atom stereocenters. The number of fused-ring (bicyclic) bond motifs is 1. The molecule has 3 aromatic rings. The Morgan fingerprint density at radius 2 is 1.51 bits per heavy atom. The highest BCUT2D eigenvalue weighted by atomic mass is 79.9. The van der Waals surface area contributed by atoms with Crippen LogP contribution in [-0.2, 0) is 24.4 Å². The van der Waals surface area contributed by atoms with Crippen LogP contribution in [0, 0.1) is 0 Å². The molecule has 3 heterocycles. The smallest absolute Gasteiger partial charge is 0.261 e. The van der Waals surface area contributed by atoms with Crippen LogP contribution < -0.4 is 10.4 Å². The number of hydrogen-bond acceptors (Lipinski definition) is 6. The van der Waals surface area contributed by atoms with Crippen LogP contribution in [0.5, 0.6) is 0 Å². The van der Waals surface area contributed by atoms with Crippen molar-refractivity contribution in [1.29, 1.82) is 0 Å². The minimum atomic E-state index is -2.80. The lowest BCUT2D eigenvalue weighted by molar-refractivity contribution is -0.281. The van der Waals surface area contributed by atoms with E-state index in [0.29, 0.717) is 4.88 Å². The molecule has 0 saturated carbocycles. The van der Waals surface area contributed by atoms with Gasteiger partial charge >= 0.3 is 0 Å². The molecule has 2 aliphatic heterocycles. The van der Waals surface area contributed by atoms with E-state index >= 15 is 0 Å². The molecule has 2 aromatic carbocycles. The molecule has 37 heavy (non-hydrogen) atoms. The zero-order valence-corrected chi connectivity index (χ0v) is 26.5. The van der Waals surface area contributed by atoms with E-state index in [9.17, 15) is 5.11 Å². The molecule has 0 unspecified atom stereocenters. The average molecular weight is 669 g/mol. The van der Waals surface area contributed by atoms with Crippen LogP contribution in [0.3, 0.4) is 0 Å². The summed E-state index contributed by atoms with van der Waals surface area (Å²) in [6, 6.07) is 22.9. The molecule has 0 aliphatic carbocycles. The van der Waals surface area contributed by atoms with E-state index in [-0.39, 0.29) is 11.6 Å². The van der Waals surface area contributed by atoms with Crippen molar-refractivity contribution in [2.45, 2.75) is 69.5 Å². The Bertz CT molecular complexity index is 1210. The Morgan fingerprint density at radius 3 is 2.00 bits per heavy atom. The third-order valence-electron chi connectivity index (χ3n) is 7.08. The number of halogens is 2. The second kappa shape index (κ2) is 9.94. The van der Waals surface area contributed by atoms with Gasteiger partial charge in [-0.1, -0.05) is 81.4 Å². The first kappa shape index (κ1) is 27.7. The first-order valence-corrected chi connectivity index (χ1v) is 16.6. The van der Waals surface area contributed by atoms with E-state index in [0.717, 1.165) is 8.26 Å². The fraction of sp³-hybridized carbons (Fsp3) is 0.429. The van der Waals surface area contributed by atoms with E-state index in [1.807, 2.05) is 32.0 Å². The quantitative estimate of drug-likeness (QED) is 0.331. The molecule has 2 fully saturated rings. The Hall–Kier alpha value is -0.883. The highest BCUT2D eigenvalue weighted by Gasteiger charge is 2.65. The summed E-state index contributed by atoms with van der Waals surface area (Å²) in [5.74, 6) is -2.53. The number of rotatable bonds is 6. The van der Waals surface area contributed by atoms with Crippen molar-refractivity contribution in [3.05, 3.63) is 79.9 Å². The maximum absolute atomic E-state index is 11.9. The van der Waals surface area contributed by atoms with Gasteiger partial charge in [-0.15, -0.1) is 11.3 Å². The number of hydrogen-bond donors (Lipinski definition) is 1.